The SMILES string of the molecule is CC(C)(C)c1ccccc1-c1cc(-c2ccc3c(c2)c2cc(-c4cc(-c5ccccc5C(C)(C)C)cc(-c5ccccc5C(C)(C)C)c4)ccc2n3-c2ccccc2C(F)(F)F)cc(-c2ccccc2C(C)(C)C)c1. The molecule has 9 aromatic carbocycles. The van der Waals surface area contributed by atoms with E-state index in [9.17, 15) is 0 Å². The molecule has 4 heteroatoms. The molecule has 10 aromatic rings. The Kier molecular flexibility index (Phi) is 12.8. The fraction of sp³-hybridized carbons (Fsp3) is 0.239. The highest BCUT2D eigenvalue weighted by atomic mass is 19.4. The molecule has 378 valence electrons. The molecule has 1 nitrogen and oxygen atoms in total. The number of nitrogens with zero attached hydrogens (tertiary/aromatic N) is 1. The van der Waals surface area contributed by atoms with Crippen LogP contribution in [-0.4, -0.2) is 4.57 Å². The van der Waals surface area contributed by atoms with E-state index in [4.69, 9.17) is 0 Å². The van der Waals surface area contributed by atoms with E-state index >= 15 is 13.2 Å². The Hall–Kier alpha value is -7.43. The summed E-state index contributed by atoms with van der Waals surface area (Å²) in [6.45, 7) is 27.1. The van der Waals surface area contributed by atoms with Crippen molar-refractivity contribution in [2.24, 2.45) is 0 Å². The Morgan fingerprint density at radius 2 is 0.533 bits per heavy atom. The van der Waals surface area contributed by atoms with E-state index in [0.29, 0.717) is 11.0 Å². The molecule has 0 radical (unpaired) electrons. The molecule has 0 aliphatic rings. The number of fused-ring (bicyclic) bond motifs is 3. The van der Waals surface area contributed by atoms with Gasteiger partial charge in [0.1, 0.15) is 0 Å². The van der Waals surface area contributed by atoms with Crippen molar-refractivity contribution < 1.29 is 13.2 Å². The van der Waals surface area contributed by atoms with Gasteiger partial charge in [-0.05, 0) is 183 Å². The van der Waals surface area contributed by atoms with Gasteiger partial charge in [0, 0.05) is 10.8 Å². The van der Waals surface area contributed by atoms with Crippen molar-refractivity contribution in [2.45, 2.75) is 111 Å². The number of hydrogen-bond donors (Lipinski definition) is 0. The zero-order valence-corrected chi connectivity index (χ0v) is 45.6. The monoisotopic (exact) mass is 992 g/mol. The van der Waals surface area contributed by atoms with Crippen LogP contribution >= 0.6 is 0 Å². The smallest absolute Gasteiger partial charge is 0.309 e. The van der Waals surface area contributed by atoms with Crippen LogP contribution in [0, 0.1) is 0 Å². The predicted octanol–water partition coefficient (Wildman–Crippen LogP) is 21.0. The summed E-state index contributed by atoms with van der Waals surface area (Å²) in [6.07, 6.45) is -4.58. The van der Waals surface area contributed by atoms with E-state index in [2.05, 4.69) is 241 Å². The quantitative estimate of drug-likeness (QED) is 0.150. The largest absolute Gasteiger partial charge is 0.418 e. The molecule has 0 bridgehead atoms. The Morgan fingerprint density at radius 1 is 0.267 bits per heavy atom. The lowest BCUT2D eigenvalue weighted by Crippen LogP contribution is -2.13. The standard InChI is InChI=1S/C71H68F3N/c1-67(2,3)59-27-17-13-23-53(59)49-37-47(38-50(41-49)54-24-14-18-28-60(54)68(4,5)6)45-33-35-64-57(43-45)58-44-46(34-36-65(58)75(64)66-32-22-21-31-63(66)71(72,73)74)48-39-51(55-25-15-19-29-61(55)69(7,8)9)42-52(40-48)56-26-16-20-30-62(56)70(10,11)12/h13-44H,1-12H3. The topological polar surface area (TPSA) is 4.93 Å². The van der Waals surface area contributed by atoms with Gasteiger partial charge in [0.05, 0.1) is 22.3 Å². The summed E-state index contributed by atoms with van der Waals surface area (Å²) in [5, 5.41) is 1.73. The molecule has 0 aliphatic heterocycles. The van der Waals surface area contributed by atoms with Crippen LogP contribution in [-0.2, 0) is 27.8 Å². The van der Waals surface area contributed by atoms with Crippen molar-refractivity contribution in [3.8, 4) is 72.4 Å². The van der Waals surface area contributed by atoms with Crippen LogP contribution in [0.4, 0.5) is 13.2 Å². The van der Waals surface area contributed by atoms with Gasteiger partial charge in [-0.2, -0.15) is 13.2 Å². The Labute approximate surface area is 442 Å². The Bertz CT molecular complexity index is 3420. The molecule has 1 aromatic heterocycles. The van der Waals surface area contributed by atoms with Gasteiger partial charge in [-0.15, -0.1) is 0 Å². The molecule has 0 N–H and O–H groups in total. The maximum Gasteiger partial charge on any atom is 0.418 e. The second-order valence-corrected chi connectivity index (χ2v) is 24.6. The van der Waals surface area contributed by atoms with E-state index in [-0.39, 0.29) is 27.3 Å². The van der Waals surface area contributed by atoms with Gasteiger partial charge in [-0.3, -0.25) is 0 Å². The predicted molar refractivity (Wildman–Crippen MR) is 313 cm³/mol. The van der Waals surface area contributed by atoms with E-state index in [0.717, 1.165) is 55.3 Å². The summed E-state index contributed by atoms with van der Waals surface area (Å²) in [5.74, 6) is 0. The molecule has 0 aliphatic carbocycles. The number of alkyl halides is 3. The zero-order valence-electron chi connectivity index (χ0n) is 45.6. The van der Waals surface area contributed by atoms with Crippen LogP contribution in [0.2, 0.25) is 0 Å². The molecule has 0 atom stereocenters. The lowest BCUT2D eigenvalue weighted by Gasteiger charge is -2.25. The number of benzene rings is 9. The highest BCUT2D eigenvalue weighted by Crippen LogP contribution is 2.46. The summed E-state index contributed by atoms with van der Waals surface area (Å²) >= 11 is 0. The van der Waals surface area contributed by atoms with Gasteiger partial charge in [-0.25, -0.2) is 0 Å². The van der Waals surface area contributed by atoms with Crippen molar-refractivity contribution in [2.75, 3.05) is 0 Å². The lowest BCUT2D eigenvalue weighted by molar-refractivity contribution is -0.137. The molecule has 0 saturated heterocycles. The molecule has 1 heterocycles. The average Bonchev–Trinajstić information content (AvgIpc) is 3.70. The summed E-state index contributed by atoms with van der Waals surface area (Å²) in [6, 6.07) is 67.1. The van der Waals surface area contributed by atoms with Crippen molar-refractivity contribution in [1.82, 2.24) is 4.57 Å². The van der Waals surface area contributed by atoms with Crippen molar-refractivity contribution in [3.63, 3.8) is 0 Å². The molecular weight excluding hydrogens is 924 g/mol. The van der Waals surface area contributed by atoms with E-state index in [1.165, 1.54) is 56.6 Å². The van der Waals surface area contributed by atoms with Gasteiger partial charge < -0.3 is 4.57 Å². The number of rotatable bonds is 7. The minimum atomic E-state index is -4.58. The third-order valence-corrected chi connectivity index (χ3v) is 14.9. The van der Waals surface area contributed by atoms with Crippen LogP contribution < -0.4 is 0 Å². The van der Waals surface area contributed by atoms with Crippen molar-refractivity contribution >= 4 is 21.8 Å². The van der Waals surface area contributed by atoms with E-state index in [1.807, 2.05) is 16.7 Å². The summed E-state index contributed by atoms with van der Waals surface area (Å²) in [5.41, 5.74) is 18.5. The van der Waals surface area contributed by atoms with Crippen LogP contribution in [0.3, 0.4) is 0 Å². The molecule has 10 rings (SSSR count). The third kappa shape index (κ3) is 9.88. The zero-order chi connectivity index (χ0) is 53.4. The number of hydrogen-bond acceptors (Lipinski definition) is 0. The maximum absolute atomic E-state index is 15.1. The van der Waals surface area contributed by atoms with Gasteiger partial charge in [0.2, 0.25) is 0 Å². The summed E-state index contributed by atoms with van der Waals surface area (Å²) in [4.78, 5) is 0. The molecule has 0 saturated carbocycles. The van der Waals surface area contributed by atoms with E-state index in [1.54, 1.807) is 12.1 Å². The Morgan fingerprint density at radius 3 is 0.827 bits per heavy atom. The van der Waals surface area contributed by atoms with Crippen LogP contribution in [0.15, 0.2) is 194 Å². The highest BCUT2D eigenvalue weighted by Gasteiger charge is 2.35. The first-order valence-corrected chi connectivity index (χ1v) is 26.3. The van der Waals surface area contributed by atoms with Gasteiger partial charge >= 0.3 is 6.18 Å². The fourth-order valence-corrected chi connectivity index (χ4v) is 11.3. The maximum atomic E-state index is 15.1. The second kappa shape index (κ2) is 18.7. The average molecular weight is 992 g/mol. The van der Waals surface area contributed by atoms with Gasteiger partial charge in [0.25, 0.3) is 0 Å². The molecule has 0 spiro atoms. The number of halogens is 3. The normalized spacial score (nSPS) is 12.7. The molecule has 75 heavy (non-hydrogen) atoms. The summed E-state index contributed by atoms with van der Waals surface area (Å²) in [7, 11) is 0. The molecule has 0 unspecified atom stereocenters. The third-order valence-electron chi connectivity index (χ3n) is 14.9. The van der Waals surface area contributed by atoms with Gasteiger partial charge in [-0.1, -0.05) is 204 Å². The van der Waals surface area contributed by atoms with Crippen molar-refractivity contribution in [3.05, 3.63) is 222 Å². The highest BCUT2D eigenvalue weighted by molar-refractivity contribution is 6.12. The van der Waals surface area contributed by atoms with Gasteiger partial charge in [0.15, 0.2) is 0 Å². The minimum absolute atomic E-state index is 0.0919. The first kappa shape index (κ1) is 51.1. The van der Waals surface area contributed by atoms with E-state index < -0.39 is 11.7 Å². The van der Waals surface area contributed by atoms with Crippen LogP contribution in [0.1, 0.15) is 111 Å². The fourth-order valence-electron chi connectivity index (χ4n) is 11.3. The van der Waals surface area contributed by atoms with Crippen molar-refractivity contribution in [1.29, 1.82) is 0 Å². The molecular formula is C71H68F3N. The number of para-hydroxylation sites is 1. The number of aromatic nitrogens is 1. The second-order valence-electron chi connectivity index (χ2n) is 24.6. The molecule has 0 amide bonds. The van der Waals surface area contributed by atoms with Crippen LogP contribution in [0.5, 0.6) is 0 Å². The minimum Gasteiger partial charge on any atom is -0.309 e. The Balaban J connectivity index is 1.27. The molecule has 0 fully saturated rings. The first-order chi connectivity index (χ1) is 35.4. The lowest BCUT2D eigenvalue weighted by atomic mass is 9.79. The van der Waals surface area contributed by atoms with Crippen LogP contribution in [0.25, 0.3) is 94.3 Å². The summed E-state index contributed by atoms with van der Waals surface area (Å²) < 4.78 is 47.2. The first-order valence-electron chi connectivity index (χ1n) is 26.3.